The van der Waals surface area contributed by atoms with Crippen molar-refractivity contribution in [2.24, 2.45) is 0 Å². The van der Waals surface area contributed by atoms with Crippen molar-refractivity contribution in [2.75, 3.05) is 13.7 Å². The number of ether oxygens (including phenoxy) is 3. The summed E-state index contributed by atoms with van der Waals surface area (Å²) < 4.78 is 15.2. The van der Waals surface area contributed by atoms with Gasteiger partial charge >= 0.3 is 6.16 Å². The molecule has 0 aromatic heterocycles. The fraction of sp³-hybridized carbons (Fsp3) is 0.353. The normalized spacial score (nSPS) is 15.5. The molecule has 0 aliphatic carbocycles. The van der Waals surface area contributed by atoms with Gasteiger partial charge in [0.25, 0.3) is 11.7 Å². The number of allylic oxidation sites excluding steroid dienone is 1. The predicted molar refractivity (Wildman–Crippen MR) is 94.4 cm³/mol. The van der Waals surface area contributed by atoms with Crippen LogP contribution in [0.3, 0.4) is 0 Å². The number of amides is 1. The monoisotopic (exact) mass is 396 g/mol. The maximum absolute atomic E-state index is 11.5. The van der Waals surface area contributed by atoms with Gasteiger partial charge in [0.05, 0.1) is 17.1 Å². The van der Waals surface area contributed by atoms with Crippen LogP contribution < -0.4 is 4.74 Å². The summed E-state index contributed by atoms with van der Waals surface area (Å²) in [4.78, 5) is 43.0. The van der Waals surface area contributed by atoms with Gasteiger partial charge in [-0.3, -0.25) is 19.7 Å². The van der Waals surface area contributed by atoms with Crippen LogP contribution in [0.25, 0.3) is 0 Å². The molecule has 0 spiro atoms. The third-order valence-electron chi connectivity index (χ3n) is 3.32. The Bertz CT molecular complexity index is 754. The summed E-state index contributed by atoms with van der Waals surface area (Å²) in [6.07, 6.45) is 0.628. The molecule has 1 aromatic rings. The Labute approximate surface area is 160 Å². The van der Waals surface area contributed by atoms with Gasteiger partial charge in [0.15, 0.2) is 6.23 Å². The summed E-state index contributed by atoms with van der Waals surface area (Å²) in [5, 5.41) is 17.9. The molecule has 1 amide bonds. The Kier molecular flexibility index (Phi) is 8.41. The number of likely N-dealkylation sites (tertiary alicyclic amines) is 1. The van der Waals surface area contributed by atoms with Gasteiger partial charge in [-0.15, -0.1) is 0 Å². The van der Waals surface area contributed by atoms with Crippen LogP contribution in [0, 0.1) is 10.1 Å². The lowest BCUT2D eigenvalue weighted by molar-refractivity contribution is -0.384. The number of hydrogen-bond acceptors (Lipinski definition) is 8. The second kappa shape index (κ2) is 10.5. The predicted octanol–water partition coefficient (Wildman–Crippen LogP) is 2.31. The molecule has 0 saturated carbocycles. The van der Waals surface area contributed by atoms with Crippen molar-refractivity contribution in [1.29, 1.82) is 0 Å². The lowest BCUT2D eigenvalue weighted by Gasteiger charge is -2.37. The first-order valence-electron chi connectivity index (χ1n) is 7.97. The number of carboxylic acid groups (broad SMARTS) is 1. The number of nitro benzene ring substituents is 1. The molecule has 1 aromatic carbocycles. The van der Waals surface area contributed by atoms with E-state index in [2.05, 4.69) is 0 Å². The Morgan fingerprint density at radius 1 is 1.32 bits per heavy atom. The minimum absolute atomic E-state index is 0.00993. The van der Waals surface area contributed by atoms with Gasteiger partial charge in [0.2, 0.25) is 5.91 Å². The summed E-state index contributed by atoms with van der Waals surface area (Å²) in [5.41, 5.74) is -0.106. The Morgan fingerprint density at radius 3 is 2.36 bits per heavy atom. The molecule has 1 heterocycles. The van der Waals surface area contributed by atoms with Gasteiger partial charge < -0.3 is 24.2 Å². The fourth-order valence-corrected chi connectivity index (χ4v) is 1.85. The highest BCUT2D eigenvalue weighted by molar-refractivity contribution is 5.82. The van der Waals surface area contributed by atoms with Gasteiger partial charge in [-0.25, -0.2) is 4.79 Å². The van der Waals surface area contributed by atoms with Crippen LogP contribution in [0.4, 0.5) is 10.5 Å². The topological polar surface area (TPSA) is 146 Å². The highest BCUT2D eigenvalue weighted by Gasteiger charge is 2.34. The second-order valence-corrected chi connectivity index (χ2v) is 5.53. The van der Waals surface area contributed by atoms with Crippen molar-refractivity contribution < 1.29 is 38.6 Å². The third kappa shape index (κ3) is 7.72. The van der Waals surface area contributed by atoms with Crippen molar-refractivity contribution in [3.05, 3.63) is 46.2 Å². The molecule has 0 radical (unpaired) electrons. The zero-order chi connectivity index (χ0) is 21.3. The van der Waals surface area contributed by atoms with Gasteiger partial charge in [0.1, 0.15) is 12.4 Å². The Hall–Kier alpha value is -3.63. The van der Waals surface area contributed by atoms with E-state index in [0.717, 1.165) is 6.92 Å². The zero-order valence-electron chi connectivity index (χ0n) is 15.5. The number of nitro groups is 1. The first-order valence-corrected chi connectivity index (χ1v) is 7.97. The van der Waals surface area contributed by atoms with Crippen molar-refractivity contribution in [3.8, 4) is 5.75 Å². The van der Waals surface area contributed by atoms with E-state index in [1.54, 1.807) is 14.0 Å². The Morgan fingerprint density at radius 2 is 1.89 bits per heavy atom. The molecule has 2 rings (SSSR count). The van der Waals surface area contributed by atoms with E-state index in [0.29, 0.717) is 12.2 Å². The highest BCUT2D eigenvalue weighted by atomic mass is 16.7. The summed E-state index contributed by atoms with van der Waals surface area (Å²) in [5.74, 6) is -0.171. The number of rotatable bonds is 6. The maximum atomic E-state index is 11.5. The number of carboxylic acids is 1. The van der Waals surface area contributed by atoms with Crippen LogP contribution in [0.15, 0.2) is 36.1 Å². The number of β-lactam (4-membered cyclic amide) rings is 1. The van der Waals surface area contributed by atoms with Crippen molar-refractivity contribution in [1.82, 2.24) is 4.90 Å². The first kappa shape index (κ1) is 22.4. The molecule has 0 bridgehead atoms. The molecule has 1 atom stereocenters. The number of hydrogen-bond donors (Lipinski definition) is 1. The number of nitrogens with zero attached hydrogens (tertiary/aromatic N) is 2. The van der Waals surface area contributed by atoms with Crippen LogP contribution >= 0.6 is 0 Å². The van der Waals surface area contributed by atoms with E-state index >= 15 is 0 Å². The van der Waals surface area contributed by atoms with Gasteiger partial charge in [-0.05, 0) is 25.1 Å². The van der Waals surface area contributed by atoms with Crippen molar-refractivity contribution in [2.45, 2.75) is 26.5 Å². The van der Waals surface area contributed by atoms with Crippen LogP contribution in [0.2, 0.25) is 0 Å². The first-order chi connectivity index (χ1) is 13.1. The highest BCUT2D eigenvalue weighted by Crippen LogP contribution is 2.20. The molecule has 1 aliphatic rings. The van der Waals surface area contributed by atoms with Crippen molar-refractivity contribution in [3.63, 3.8) is 0 Å². The average molecular weight is 396 g/mol. The van der Waals surface area contributed by atoms with Gasteiger partial charge in [0, 0.05) is 26.1 Å². The summed E-state index contributed by atoms with van der Waals surface area (Å²) in [6, 6.07) is 5.04. The lowest BCUT2D eigenvalue weighted by atomic mass is 10.2. The van der Waals surface area contributed by atoms with E-state index in [1.807, 2.05) is 0 Å². The third-order valence-corrected chi connectivity index (χ3v) is 3.32. The minimum Gasteiger partial charge on any atom is -0.481 e. The molecule has 11 nitrogen and oxygen atoms in total. The summed E-state index contributed by atoms with van der Waals surface area (Å²) in [7, 11) is 1.64. The molecule has 1 N–H and O–H groups in total. The fourth-order valence-electron chi connectivity index (χ4n) is 1.85. The molecule has 1 aliphatic heterocycles. The van der Waals surface area contributed by atoms with E-state index in [1.165, 1.54) is 35.2 Å². The molecule has 1 fully saturated rings. The molecular weight excluding hydrogens is 376 g/mol. The molecular formula is C17H20N2O9. The molecule has 152 valence electrons. The van der Waals surface area contributed by atoms with Crippen LogP contribution in [-0.4, -0.2) is 52.8 Å². The van der Waals surface area contributed by atoms with Gasteiger partial charge in [-0.2, -0.15) is 0 Å². The number of non-ortho nitro benzene ring substituents is 1. The average Bonchev–Trinajstić information content (AvgIpc) is 2.61. The van der Waals surface area contributed by atoms with Crippen LogP contribution in [-0.2, 0) is 19.1 Å². The Balaban J connectivity index is 0.000000892. The molecule has 1 unspecified atom stereocenters. The van der Waals surface area contributed by atoms with E-state index in [4.69, 9.17) is 24.1 Å². The van der Waals surface area contributed by atoms with E-state index in [-0.39, 0.29) is 30.2 Å². The van der Waals surface area contributed by atoms with Crippen LogP contribution in [0.1, 0.15) is 20.3 Å². The molecule has 11 heteroatoms. The molecule has 28 heavy (non-hydrogen) atoms. The summed E-state index contributed by atoms with van der Waals surface area (Å²) >= 11 is 0. The van der Waals surface area contributed by atoms with Gasteiger partial charge in [-0.1, -0.05) is 0 Å². The smallest absolute Gasteiger partial charge is 0.481 e. The standard InChI is InChI=1S/C15H16N2O7.C2H4O2/c1-10(23-14-9-13(18)16(14)2)7-8-22-15(19)24-12-5-3-11(4-6-12)17(20)21;1-2(3)4/h3-7,14H,8-9H2,1-2H3;1H3,(H,3,4)/b10-7-;. The largest absolute Gasteiger partial charge is 0.514 e. The van der Waals surface area contributed by atoms with Crippen LogP contribution in [0.5, 0.6) is 5.75 Å². The number of carbonyl (C=O) groups is 3. The zero-order valence-corrected chi connectivity index (χ0v) is 15.5. The number of benzene rings is 1. The second-order valence-electron chi connectivity index (χ2n) is 5.53. The van der Waals surface area contributed by atoms with E-state index in [9.17, 15) is 19.7 Å². The maximum Gasteiger partial charge on any atom is 0.514 e. The SMILES string of the molecule is C/C(=C/COC(=O)Oc1ccc([N+](=O)[O-])cc1)OC1CC(=O)N1C.CC(=O)O. The number of aliphatic carboxylic acids is 1. The minimum atomic E-state index is -0.941. The quantitative estimate of drug-likeness (QED) is 0.191. The number of carbonyl (C=O) groups excluding carboxylic acids is 2. The molecule has 1 saturated heterocycles. The van der Waals surface area contributed by atoms with Crippen molar-refractivity contribution >= 4 is 23.7 Å². The lowest BCUT2D eigenvalue weighted by Crippen LogP contribution is -2.51. The summed E-state index contributed by atoms with van der Waals surface area (Å²) in [6.45, 7) is 2.70. The van der Waals surface area contributed by atoms with E-state index < -0.39 is 17.0 Å².